The third kappa shape index (κ3) is 3.47. The highest BCUT2D eigenvalue weighted by Crippen LogP contribution is 2.24. The van der Waals surface area contributed by atoms with Gasteiger partial charge in [0.25, 0.3) is 5.56 Å². The zero-order valence-corrected chi connectivity index (χ0v) is 13.1. The van der Waals surface area contributed by atoms with Gasteiger partial charge in [-0.3, -0.25) is 9.78 Å². The lowest BCUT2D eigenvalue weighted by Gasteiger charge is -2.32. The average molecular weight is 298 g/mol. The summed E-state index contributed by atoms with van der Waals surface area (Å²) < 4.78 is 0. The van der Waals surface area contributed by atoms with E-state index in [0.29, 0.717) is 11.6 Å². The molecule has 1 aliphatic heterocycles. The summed E-state index contributed by atoms with van der Waals surface area (Å²) in [6, 6.07) is 9.76. The van der Waals surface area contributed by atoms with E-state index in [-0.39, 0.29) is 5.56 Å². The van der Waals surface area contributed by atoms with Crippen molar-refractivity contribution in [3.05, 3.63) is 46.4 Å². The molecule has 0 saturated carbocycles. The first kappa shape index (κ1) is 14.6. The Kier molecular flexibility index (Phi) is 4.13. The third-order valence-corrected chi connectivity index (χ3v) is 4.15. The number of nitrogens with one attached hydrogen (secondary N) is 2. The van der Waals surface area contributed by atoms with Crippen LogP contribution in [0.3, 0.4) is 0 Å². The zero-order valence-electron chi connectivity index (χ0n) is 13.1. The van der Waals surface area contributed by atoms with Gasteiger partial charge in [-0.15, -0.1) is 0 Å². The van der Waals surface area contributed by atoms with Gasteiger partial charge < -0.3 is 10.2 Å². The molecule has 1 aliphatic rings. The van der Waals surface area contributed by atoms with Crippen LogP contribution in [-0.2, 0) is 0 Å². The largest absolute Gasteiger partial charge is 0.372 e. The van der Waals surface area contributed by atoms with Gasteiger partial charge in [0.1, 0.15) is 0 Å². The van der Waals surface area contributed by atoms with Crippen LogP contribution in [0.15, 0.2) is 35.1 Å². The van der Waals surface area contributed by atoms with E-state index in [9.17, 15) is 4.79 Å². The molecule has 0 unspecified atom stereocenters. The highest BCUT2D eigenvalue weighted by Gasteiger charge is 2.15. The number of hydrogen-bond donors (Lipinski definition) is 2. The van der Waals surface area contributed by atoms with E-state index >= 15 is 0 Å². The summed E-state index contributed by atoms with van der Waals surface area (Å²) in [4.78, 5) is 20.8. The summed E-state index contributed by atoms with van der Waals surface area (Å²) in [5.41, 5.74) is 2.73. The Morgan fingerprint density at radius 1 is 1.23 bits per heavy atom. The third-order valence-electron chi connectivity index (χ3n) is 4.15. The molecule has 5 nitrogen and oxygen atoms in total. The Hall–Kier alpha value is -2.30. The molecular weight excluding hydrogens is 276 g/mol. The van der Waals surface area contributed by atoms with Crippen LogP contribution in [-0.4, -0.2) is 23.1 Å². The van der Waals surface area contributed by atoms with Gasteiger partial charge in [-0.05, 0) is 49.9 Å². The van der Waals surface area contributed by atoms with Gasteiger partial charge in [-0.2, -0.15) is 0 Å². The van der Waals surface area contributed by atoms with Gasteiger partial charge in [-0.25, -0.2) is 4.98 Å². The zero-order chi connectivity index (χ0) is 15.5. The fourth-order valence-corrected chi connectivity index (χ4v) is 2.80. The average Bonchev–Trinajstić information content (AvgIpc) is 2.48. The number of rotatable bonds is 3. The van der Waals surface area contributed by atoms with Gasteiger partial charge in [-0.1, -0.05) is 6.92 Å². The lowest BCUT2D eigenvalue weighted by atomic mass is 9.99. The SMILES string of the molecule is Cc1cc(=O)[nH]c(Nc2ccc(N3CCC(C)CC3)cc2)n1. The number of benzene rings is 1. The first-order valence-corrected chi connectivity index (χ1v) is 7.80. The molecule has 1 aromatic carbocycles. The van der Waals surface area contributed by atoms with Crippen molar-refractivity contribution >= 4 is 17.3 Å². The normalized spacial score (nSPS) is 15.8. The maximum Gasteiger partial charge on any atom is 0.252 e. The number of anilines is 3. The molecule has 2 heterocycles. The fraction of sp³-hybridized carbons (Fsp3) is 0.412. The summed E-state index contributed by atoms with van der Waals surface area (Å²) in [5, 5.41) is 3.14. The molecule has 22 heavy (non-hydrogen) atoms. The Morgan fingerprint density at radius 3 is 2.55 bits per heavy atom. The molecule has 0 bridgehead atoms. The van der Waals surface area contributed by atoms with Gasteiger partial charge in [0.2, 0.25) is 5.95 Å². The van der Waals surface area contributed by atoms with Crippen LogP contribution in [0.2, 0.25) is 0 Å². The van der Waals surface area contributed by atoms with Crippen LogP contribution in [0, 0.1) is 12.8 Å². The van der Waals surface area contributed by atoms with Gasteiger partial charge in [0.05, 0.1) is 0 Å². The van der Waals surface area contributed by atoms with Crippen LogP contribution in [0.25, 0.3) is 0 Å². The summed E-state index contributed by atoms with van der Waals surface area (Å²) >= 11 is 0. The quantitative estimate of drug-likeness (QED) is 0.914. The van der Waals surface area contributed by atoms with Crippen LogP contribution >= 0.6 is 0 Å². The number of H-pyrrole nitrogens is 1. The van der Waals surface area contributed by atoms with E-state index in [0.717, 1.165) is 24.7 Å². The van der Waals surface area contributed by atoms with Crippen molar-refractivity contribution in [3.8, 4) is 0 Å². The second-order valence-corrected chi connectivity index (χ2v) is 6.08. The topological polar surface area (TPSA) is 61.0 Å². The van der Waals surface area contributed by atoms with E-state index in [1.807, 2.05) is 12.1 Å². The maximum absolute atomic E-state index is 11.4. The van der Waals surface area contributed by atoms with E-state index < -0.39 is 0 Å². The van der Waals surface area contributed by atoms with E-state index in [4.69, 9.17) is 0 Å². The minimum atomic E-state index is -0.144. The smallest absolute Gasteiger partial charge is 0.252 e. The summed E-state index contributed by atoms with van der Waals surface area (Å²) in [7, 11) is 0. The lowest BCUT2D eigenvalue weighted by Crippen LogP contribution is -2.32. The molecule has 1 saturated heterocycles. The molecule has 5 heteroatoms. The van der Waals surface area contributed by atoms with Gasteiger partial charge >= 0.3 is 0 Å². The van der Waals surface area contributed by atoms with Gasteiger partial charge in [0.15, 0.2) is 0 Å². The monoisotopic (exact) mass is 298 g/mol. The van der Waals surface area contributed by atoms with Crippen LogP contribution in [0.4, 0.5) is 17.3 Å². The van der Waals surface area contributed by atoms with Crippen molar-refractivity contribution in [1.29, 1.82) is 0 Å². The van der Waals surface area contributed by atoms with Crippen LogP contribution in [0.5, 0.6) is 0 Å². The molecule has 0 spiro atoms. The molecule has 2 aromatic rings. The number of aryl methyl sites for hydroxylation is 1. The molecule has 0 radical (unpaired) electrons. The Bertz CT molecular complexity index is 685. The Balaban J connectivity index is 1.70. The van der Waals surface area contributed by atoms with Crippen LogP contribution < -0.4 is 15.8 Å². The number of piperidine rings is 1. The molecule has 2 N–H and O–H groups in total. The molecule has 116 valence electrons. The Labute approximate surface area is 130 Å². The molecular formula is C17H22N4O. The predicted octanol–water partition coefficient (Wildman–Crippen LogP) is 3.06. The van der Waals surface area contributed by atoms with E-state index in [1.54, 1.807) is 6.92 Å². The number of aromatic nitrogens is 2. The highest BCUT2D eigenvalue weighted by atomic mass is 16.1. The highest BCUT2D eigenvalue weighted by molar-refractivity contribution is 5.59. The van der Waals surface area contributed by atoms with Crippen molar-refractivity contribution in [3.63, 3.8) is 0 Å². The minimum Gasteiger partial charge on any atom is -0.372 e. The fourth-order valence-electron chi connectivity index (χ4n) is 2.80. The molecule has 3 rings (SSSR count). The summed E-state index contributed by atoms with van der Waals surface area (Å²) in [5.74, 6) is 1.31. The summed E-state index contributed by atoms with van der Waals surface area (Å²) in [6.07, 6.45) is 2.52. The minimum absolute atomic E-state index is 0.144. The molecule has 0 aliphatic carbocycles. The molecule has 1 fully saturated rings. The van der Waals surface area contributed by atoms with Crippen molar-refractivity contribution in [1.82, 2.24) is 9.97 Å². The number of nitrogens with zero attached hydrogens (tertiary/aromatic N) is 2. The van der Waals surface area contributed by atoms with Crippen molar-refractivity contribution < 1.29 is 0 Å². The number of hydrogen-bond acceptors (Lipinski definition) is 4. The van der Waals surface area contributed by atoms with Crippen LogP contribution in [0.1, 0.15) is 25.5 Å². The van der Waals surface area contributed by atoms with E-state index in [2.05, 4.69) is 39.2 Å². The molecule has 1 aromatic heterocycles. The van der Waals surface area contributed by atoms with Crippen molar-refractivity contribution in [2.24, 2.45) is 5.92 Å². The molecule has 0 atom stereocenters. The first-order chi connectivity index (χ1) is 10.6. The van der Waals surface area contributed by atoms with Crippen molar-refractivity contribution in [2.75, 3.05) is 23.3 Å². The number of aromatic amines is 1. The van der Waals surface area contributed by atoms with Crippen molar-refractivity contribution in [2.45, 2.75) is 26.7 Å². The standard InChI is InChI=1S/C17H22N4O/c1-12-7-9-21(10-8-12)15-5-3-14(4-6-15)19-17-18-13(2)11-16(22)20-17/h3-6,11-12H,7-10H2,1-2H3,(H2,18,19,20,22). The summed E-state index contributed by atoms with van der Waals surface area (Å²) in [6.45, 7) is 6.38. The second kappa shape index (κ2) is 6.22. The van der Waals surface area contributed by atoms with Gasteiger partial charge in [0, 0.05) is 36.2 Å². The predicted molar refractivity (Wildman–Crippen MR) is 89.9 cm³/mol. The van der Waals surface area contributed by atoms with E-state index in [1.165, 1.54) is 24.6 Å². The lowest BCUT2D eigenvalue weighted by molar-refractivity contribution is 0.438. The second-order valence-electron chi connectivity index (χ2n) is 6.08. The first-order valence-electron chi connectivity index (χ1n) is 7.80. The maximum atomic E-state index is 11.4. The molecule has 0 amide bonds. The Morgan fingerprint density at radius 2 is 1.91 bits per heavy atom.